The third-order valence-electron chi connectivity index (χ3n) is 5.58. The summed E-state index contributed by atoms with van der Waals surface area (Å²) in [5, 5.41) is 4.60. The molecule has 0 radical (unpaired) electrons. The number of amides is 1. The molecule has 1 amide bonds. The molecule has 0 atom stereocenters. The van der Waals surface area contributed by atoms with Gasteiger partial charge in [-0.2, -0.15) is 0 Å². The van der Waals surface area contributed by atoms with Crippen LogP contribution in [0, 0.1) is 13.8 Å². The minimum absolute atomic E-state index is 0.0143. The maximum atomic E-state index is 13.5. The number of carbonyl (C=O) groups is 1. The third kappa shape index (κ3) is 6.57. The molecule has 0 saturated carbocycles. The number of nitrogens with one attached hydrogen (secondary N) is 2. The van der Waals surface area contributed by atoms with Crippen molar-refractivity contribution in [3.8, 4) is 0 Å². The topological polar surface area (TPSA) is 126 Å². The molecule has 1 heterocycles. The Morgan fingerprint density at radius 1 is 0.842 bits per heavy atom. The van der Waals surface area contributed by atoms with Crippen LogP contribution in [0.1, 0.15) is 17.5 Å². The van der Waals surface area contributed by atoms with E-state index in [2.05, 4.69) is 15.0 Å². The molecule has 3 aromatic carbocycles. The van der Waals surface area contributed by atoms with Crippen molar-refractivity contribution in [1.82, 2.24) is 4.98 Å². The predicted molar refractivity (Wildman–Crippen MR) is 150 cm³/mol. The van der Waals surface area contributed by atoms with Crippen LogP contribution in [0.5, 0.6) is 0 Å². The molecule has 0 spiro atoms. The predicted octanol–water partition coefficient (Wildman–Crippen LogP) is 4.78. The molecular weight excluding hydrogens is 545 g/mol. The Kier molecular flexibility index (Phi) is 8.14. The van der Waals surface area contributed by atoms with Gasteiger partial charge in [0.15, 0.2) is 5.13 Å². The second kappa shape index (κ2) is 11.3. The molecule has 0 saturated heterocycles. The third-order valence-corrected chi connectivity index (χ3v) is 9.59. The van der Waals surface area contributed by atoms with Crippen molar-refractivity contribution in [3.63, 3.8) is 0 Å². The lowest BCUT2D eigenvalue weighted by Crippen LogP contribution is -2.34. The van der Waals surface area contributed by atoms with Crippen LogP contribution in [-0.2, 0) is 24.8 Å². The molecule has 0 bridgehead atoms. The lowest BCUT2D eigenvalue weighted by atomic mass is 10.2. The highest BCUT2D eigenvalue weighted by atomic mass is 32.2. The fourth-order valence-electron chi connectivity index (χ4n) is 3.53. The molecule has 198 valence electrons. The second-order valence-electron chi connectivity index (χ2n) is 8.49. The molecule has 4 aromatic rings. The van der Waals surface area contributed by atoms with Gasteiger partial charge in [-0.05, 0) is 62.4 Å². The first-order chi connectivity index (χ1) is 18.0. The minimum Gasteiger partial charge on any atom is -0.326 e. The Labute approximate surface area is 226 Å². The zero-order chi connectivity index (χ0) is 27.3. The molecule has 0 aliphatic rings. The Balaban J connectivity index is 1.46. The Bertz CT molecular complexity index is 1600. The van der Waals surface area contributed by atoms with Gasteiger partial charge in [0.2, 0.25) is 5.91 Å². The number of rotatable bonds is 10. The van der Waals surface area contributed by atoms with Crippen molar-refractivity contribution in [2.24, 2.45) is 0 Å². The van der Waals surface area contributed by atoms with E-state index in [1.807, 2.05) is 26.0 Å². The van der Waals surface area contributed by atoms with Gasteiger partial charge in [0.05, 0.1) is 15.5 Å². The van der Waals surface area contributed by atoms with Crippen molar-refractivity contribution in [1.29, 1.82) is 0 Å². The first kappa shape index (κ1) is 27.3. The highest BCUT2D eigenvalue weighted by molar-refractivity contribution is 7.93. The Hall–Kier alpha value is -3.74. The number of hydrogen-bond donors (Lipinski definition) is 2. The number of hydrogen-bond acceptors (Lipinski definition) is 7. The van der Waals surface area contributed by atoms with Gasteiger partial charge in [-0.3, -0.25) is 13.8 Å². The summed E-state index contributed by atoms with van der Waals surface area (Å²) in [5.41, 5.74) is 2.74. The van der Waals surface area contributed by atoms with Crippen LogP contribution >= 0.6 is 11.3 Å². The second-order valence-corrected chi connectivity index (χ2v) is 12.9. The summed E-state index contributed by atoms with van der Waals surface area (Å²) in [6, 6.07) is 19.2. The van der Waals surface area contributed by atoms with Gasteiger partial charge < -0.3 is 5.32 Å². The highest BCUT2D eigenvalue weighted by Gasteiger charge is 2.25. The van der Waals surface area contributed by atoms with Crippen LogP contribution in [0.25, 0.3) is 0 Å². The van der Waals surface area contributed by atoms with E-state index in [9.17, 15) is 21.6 Å². The van der Waals surface area contributed by atoms with Gasteiger partial charge in [-0.1, -0.05) is 35.4 Å². The summed E-state index contributed by atoms with van der Waals surface area (Å²) in [6.07, 6.45) is 1.37. The van der Waals surface area contributed by atoms with E-state index < -0.39 is 26.0 Å². The maximum Gasteiger partial charge on any atom is 0.264 e. The summed E-state index contributed by atoms with van der Waals surface area (Å²) in [6.45, 7) is 3.69. The van der Waals surface area contributed by atoms with Crippen molar-refractivity contribution in [2.75, 3.05) is 20.9 Å². The number of carbonyl (C=O) groups excluding carboxylic acids is 1. The van der Waals surface area contributed by atoms with Crippen LogP contribution in [0.2, 0.25) is 0 Å². The molecule has 2 N–H and O–H groups in total. The minimum atomic E-state index is -3.92. The van der Waals surface area contributed by atoms with E-state index in [4.69, 9.17) is 0 Å². The Morgan fingerprint density at radius 2 is 1.42 bits per heavy atom. The molecule has 4 rings (SSSR count). The van der Waals surface area contributed by atoms with Gasteiger partial charge in [0, 0.05) is 30.2 Å². The lowest BCUT2D eigenvalue weighted by Gasteiger charge is -2.24. The fourth-order valence-corrected chi connectivity index (χ4v) is 6.78. The molecule has 38 heavy (non-hydrogen) atoms. The normalized spacial score (nSPS) is 11.6. The van der Waals surface area contributed by atoms with Crippen LogP contribution < -0.4 is 14.3 Å². The number of aromatic nitrogens is 1. The summed E-state index contributed by atoms with van der Waals surface area (Å²) < 4.78 is 55.6. The SMILES string of the molecule is Cc1ccc(N(CCC(=O)Nc2ccc(S(=O)(=O)Nc3nccs3)cc2)S(=O)(=O)c2ccc(C)cc2)cc1. The number of sulfonamides is 2. The number of aryl methyl sites for hydroxylation is 2. The highest BCUT2D eigenvalue weighted by Crippen LogP contribution is 2.25. The Morgan fingerprint density at radius 3 is 2.00 bits per heavy atom. The molecule has 0 aliphatic carbocycles. The zero-order valence-electron chi connectivity index (χ0n) is 20.7. The van der Waals surface area contributed by atoms with Crippen LogP contribution in [0.3, 0.4) is 0 Å². The maximum absolute atomic E-state index is 13.5. The van der Waals surface area contributed by atoms with Crippen molar-refractivity contribution < 1.29 is 21.6 Å². The van der Waals surface area contributed by atoms with Crippen LogP contribution in [0.15, 0.2) is 94.2 Å². The molecule has 1 aromatic heterocycles. The van der Waals surface area contributed by atoms with E-state index >= 15 is 0 Å². The average Bonchev–Trinajstić information content (AvgIpc) is 3.38. The van der Waals surface area contributed by atoms with E-state index in [0.29, 0.717) is 11.4 Å². The lowest BCUT2D eigenvalue weighted by molar-refractivity contribution is -0.116. The number of thiazole rings is 1. The van der Waals surface area contributed by atoms with E-state index in [1.54, 1.807) is 41.8 Å². The first-order valence-corrected chi connectivity index (χ1v) is 15.3. The number of anilines is 3. The summed E-state index contributed by atoms with van der Waals surface area (Å²) >= 11 is 1.16. The molecule has 0 aliphatic heterocycles. The summed E-state index contributed by atoms with van der Waals surface area (Å²) in [4.78, 5) is 16.8. The quantitative estimate of drug-likeness (QED) is 0.283. The van der Waals surface area contributed by atoms with Gasteiger partial charge in [0.25, 0.3) is 20.0 Å². The fraction of sp³-hybridized carbons (Fsp3) is 0.154. The first-order valence-electron chi connectivity index (χ1n) is 11.5. The van der Waals surface area contributed by atoms with E-state index in [0.717, 1.165) is 22.5 Å². The van der Waals surface area contributed by atoms with E-state index in [-0.39, 0.29) is 27.9 Å². The summed E-state index contributed by atoms with van der Waals surface area (Å²) in [7, 11) is -7.74. The van der Waals surface area contributed by atoms with Gasteiger partial charge in [-0.25, -0.2) is 21.8 Å². The monoisotopic (exact) mass is 570 g/mol. The molecular formula is C26H26N4O5S3. The van der Waals surface area contributed by atoms with Crippen molar-refractivity contribution in [2.45, 2.75) is 30.1 Å². The number of benzene rings is 3. The summed E-state index contributed by atoms with van der Waals surface area (Å²) in [5.74, 6) is -0.419. The average molecular weight is 571 g/mol. The zero-order valence-corrected chi connectivity index (χ0v) is 23.1. The smallest absolute Gasteiger partial charge is 0.264 e. The van der Waals surface area contributed by atoms with Gasteiger partial charge in [-0.15, -0.1) is 11.3 Å². The molecule has 0 fully saturated rings. The van der Waals surface area contributed by atoms with E-state index in [1.165, 1.54) is 34.8 Å². The van der Waals surface area contributed by atoms with Crippen molar-refractivity contribution >= 4 is 53.8 Å². The van der Waals surface area contributed by atoms with Crippen LogP contribution in [0.4, 0.5) is 16.5 Å². The number of nitrogens with zero attached hydrogens (tertiary/aromatic N) is 2. The molecule has 9 nitrogen and oxygen atoms in total. The van der Waals surface area contributed by atoms with Crippen LogP contribution in [-0.4, -0.2) is 34.3 Å². The van der Waals surface area contributed by atoms with Crippen molar-refractivity contribution in [3.05, 3.63) is 95.5 Å². The molecule has 12 heteroatoms. The largest absolute Gasteiger partial charge is 0.326 e. The molecule has 0 unspecified atom stereocenters. The van der Waals surface area contributed by atoms with Gasteiger partial charge >= 0.3 is 0 Å². The standard InChI is InChI=1S/C26H26N4O5S3/c1-19-3-9-22(10-4-19)30(38(34,35)24-11-5-20(2)6-12-24)17-15-25(31)28-21-7-13-23(14-8-21)37(32,33)29-26-27-16-18-36-26/h3-14,16,18H,15,17H2,1-2H3,(H,27,29)(H,28,31). The van der Waals surface area contributed by atoms with Gasteiger partial charge in [0.1, 0.15) is 0 Å².